The Hall–Kier alpha value is -0.610. The van der Waals surface area contributed by atoms with Crippen LogP contribution in [0.4, 0.5) is 0 Å². The summed E-state index contributed by atoms with van der Waals surface area (Å²) in [4.78, 5) is 14.6. The molecule has 2 N–H and O–H groups in total. The molecule has 19 heavy (non-hydrogen) atoms. The van der Waals surface area contributed by atoms with Gasteiger partial charge in [-0.25, -0.2) is 0 Å². The molecule has 1 aliphatic rings. The fraction of sp³-hybridized carbons (Fsp3) is 0.933. The predicted octanol–water partition coefficient (Wildman–Crippen LogP) is 2.17. The van der Waals surface area contributed by atoms with Gasteiger partial charge in [0.05, 0.1) is 11.5 Å². The predicted molar refractivity (Wildman–Crippen MR) is 77.9 cm³/mol. The molecular formula is C15H30N2O2. The van der Waals surface area contributed by atoms with Crippen LogP contribution in [0.3, 0.4) is 0 Å². The van der Waals surface area contributed by atoms with Crippen LogP contribution in [0, 0.1) is 5.41 Å². The zero-order chi connectivity index (χ0) is 14.3. The first kappa shape index (κ1) is 16.4. The maximum atomic E-state index is 12.8. The molecule has 1 unspecified atom stereocenters. The number of ether oxygens (including phenoxy) is 1. The van der Waals surface area contributed by atoms with E-state index in [1.807, 2.05) is 11.9 Å². The lowest BCUT2D eigenvalue weighted by molar-refractivity contribution is -0.142. The Balaban J connectivity index is 2.67. The summed E-state index contributed by atoms with van der Waals surface area (Å²) in [6.07, 6.45) is 6.14. The molecular weight excluding hydrogens is 240 g/mol. The van der Waals surface area contributed by atoms with E-state index >= 15 is 0 Å². The maximum absolute atomic E-state index is 12.8. The van der Waals surface area contributed by atoms with Crippen molar-refractivity contribution in [2.24, 2.45) is 11.1 Å². The van der Waals surface area contributed by atoms with E-state index in [9.17, 15) is 4.79 Å². The number of amides is 1. The molecule has 0 saturated carbocycles. The van der Waals surface area contributed by atoms with E-state index in [1.165, 1.54) is 0 Å². The first-order chi connectivity index (χ1) is 9.09. The SMILES string of the molecule is CCCC(CN)(CCC)C(=O)N(C)CC1CCCO1. The summed E-state index contributed by atoms with van der Waals surface area (Å²) in [6.45, 7) is 6.22. The first-order valence-corrected chi connectivity index (χ1v) is 7.67. The van der Waals surface area contributed by atoms with E-state index < -0.39 is 0 Å². The molecule has 0 bridgehead atoms. The van der Waals surface area contributed by atoms with Crippen LogP contribution in [0.15, 0.2) is 0 Å². The van der Waals surface area contributed by atoms with Gasteiger partial charge in [0, 0.05) is 26.7 Å². The summed E-state index contributed by atoms with van der Waals surface area (Å²) in [5.74, 6) is 0.203. The molecule has 0 aliphatic carbocycles. The highest BCUT2D eigenvalue weighted by Gasteiger charge is 2.38. The Morgan fingerprint density at radius 3 is 2.42 bits per heavy atom. The second-order valence-corrected chi connectivity index (χ2v) is 5.81. The highest BCUT2D eigenvalue weighted by Crippen LogP contribution is 2.31. The van der Waals surface area contributed by atoms with Crippen molar-refractivity contribution in [3.63, 3.8) is 0 Å². The molecule has 1 saturated heterocycles. The number of likely N-dealkylation sites (N-methyl/N-ethyl adjacent to an activating group) is 1. The van der Waals surface area contributed by atoms with E-state index in [2.05, 4.69) is 13.8 Å². The van der Waals surface area contributed by atoms with Crippen LogP contribution < -0.4 is 5.73 Å². The van der Waals surface area contributed by atoms with E-state index in [0.29, 0.717) is 13.1 Å². The van der Waals surface area contributed by atoms with Gasteiger partial charge in [-0.1, -0.05) is 26.7 Å². The third kappa shape index (κ3) is 4.18. The lowest BCUT2D eigenvalue weighted by Gasteiger charge is -2.35. The van der Waals surface area contributed by atoms with E-state index in [1.54, 1.807) is 0 Å². The van der Waals surface area contributed by atoms with Crippen molar-refractivity contribution in [1.82, 2.24) is 4.90 Å². The average molecular weight is 270 g/mol. The Kier molecular flexibility index (Phi) is 6.80. The summed E-state index contributed by atoms with van der Waals surface area (Å²) in [7, 11) is 1.89. The third-order valence-corrected chi connectivity index (χ3v) is 4.15. The fourth-order valence-corrected chi connectivity index (χ4v) is 3.17. The molecule has 1 aliphatic heterocycles. The van der Waals surface area contributed by atoms with Gasteiger partial charge < -0.3 is 15.4 Å². The largest absolute Gasteiger partial charge is 0.376 e. The molecule has 1 heterocycles. The van der Waals surface area contributed by atoms with Crippen molar-refractivity contribution >= 4 is 5.91 Å². The smallest absolute Gasteiger partial charge is 0.229 e. The molecule has 0 spiro atoms. The molecule has 0 radical (unpaired) electrons. The monoisotopic (exact) mass is 270 g/mol. The zero-order valence-electron chi connectivity index (χ0n) is 12.8. The van der Waals surface area contributed by atoms with Crippen LogP contribution >= 0.6 is 0 Å². The number of hydrogen-bond donors (Lipinski definition) is 1. The van der Waals surface area contributed by atoms with Crippen molar-refractivity contribution in [2.45, 2.75) is 58.5 Å². The lowest BCUT2D eigenvalue weighted by Crippen LogP contribution is -2.48. The highest BCUT2D eigenvalue weighted by molar-refractivity contribution is 5.82. The van der Waals surface area contributed by atoms with E-state index in [4.69, 9.17) is 10.5 Å². The third-order valence-electron chi connectivity index (χ3n) is 4.15. The first-order valence-electron chi connectivity index (χ1n) is 7.67. The van der Waals surface area contributed by atoms with E-state index in [0.717, 1.165) is 45.1 Å². The normalized spacial score (nSPS) is 19.7. The van der Waals surface area contributed by atoms with Crippen molar-refractivity contribution in [3.05, 3.63) is 0 Å². The van der Waals surface area contributed by atoms with Gasteiger partial charge in [-0.05, 0) is 25.7 Å². The molecule has 4 heteroatoms. The molecule has 1 fully saturated rings. The Morgan fingerprint density at radius 1 is 1.37 bits per heavy atom. The average Bonchev–Trinajstić information content (AvgIpc) is 2.90. The zero-order valence-corrected chi connectivity index (χ0v) is 12.8. The number of carbonyl (C=O) groups excluding carboxylic acids is 1. The van der Waals surface area contributed by atoms with Crippen molar-refractivity contribution in [2.75, 3.05) is 26.7 Å². The van der Waals surface area contributed by atoms with Gasteiger partial charge in [-0.3, -0.25) is 4.79 Å². The maximum Gasteiger partial charge on any atom is 0.229 e. The molecule has 1 amide bonds. The minimum atomic E-state index is -0.364. The second kappa shape index (κ2) is 7.85. The van der Waals surface area contributed by atoms with Crippen LogP contribution in [0.1, 0.15) is 52.4 Å². The highest BCUT2D eigenvalue weighted by atomic mass is 16.5. The van der Waals surface area contributed by atoms with Gasteiger partial charge in [0.1, 0.15) is 0 Å². The number of carbonyl (C=O) groups is 1. The van der Waals surface area contributed by atoms with Gasteiger partial charge in [0.25, 0.3) is 0 Å². The molecule has 1 atom stereocenters. The minimum Gasteiger partial charge on any atom is -0.376 e. The van der Waals surface area contributed by atoms with Crippen molar-refractivity contribution in [1.29, 1.82) is 0 Å². The number of rotatable bonds is 8. The number of hydrogen-bond acceptors (Lipinski definition) is 3. The summed E-state index contributed by atoms with van der Waals surface area (Å²) in [6, 6.07) is 0. The van der Waals surface area contributed by atoms with Crippen molar-refractivity contribution < 1.29 is 9.53 Å². The lowest BCUT2D eigenvalue weighted by atomic mass is 9.78. The Morgan fingerprint density at radius 2 is 2.00 bits per heavy atom. The van der Waals surface area contributed by atoms with Gasteiger partial charge >= 0.3 is 0 Å². The fourth-order valence-electron chi connectivity index (χ4n) is 3.17. The Labute approximate surface area is 117 Å². The van der Waals surface area contributed by atoms with Crippen molar-refractivity contribution in [3.8, 4) is 0 Å². The molecule has 0 aromatic heterocycles. The van der Waals surface area contributed by atoms with Crippen LogP contribution in [-0.2, 0) is 9.53 Å². The number of nitrogens with two attached hydrogens (primary N) is 1. The number of nitrogens with zero attached hydrogens (tertiary/aromatic N) is 1. The van der Waals surface area contributed by atoms with Crippen LogP contribution in [0.5, 0.6) is 0 Å². The molecule has 0 aromatic rings. The molecule has 112 valence electrons. The molecule has 4 nitrogen and oxygen atoms in total. The van der Waals surface area contributed by atoms with Crippen LogP contribution in [-0.4, -0.2) is 43.7 Å². The molecule has 0 aromatic carbocycles. The van der Waals surface area contributed by atoms with Gasteiger partial charge in [-0.15, -0.1) is 0 Å². The summed E-state index contributed by atoms with van der Waals surface area (Å²) in [5, 5.41) is 0. The van der Waals surface area contributed by atoms with Gasteiger partial charge in [0.2, 0.25) is 5.91 Å². The van der Waals surface area contributed by atoms with Crippen LogP contribution in [0.25, 0.3) is 0 Å². The van der Waals surface area contributed by atoms with Crippen LogP contribution in [0.2, 0.25) is 0 Å². The van der Waals surface area contributed by atoms with Gasteiger partial charge in [-0.2, -0.15) is 0 Å². The minimum absolute atomic E-state index is 0.203. The summed E-state index contributed by atoms with van der Waals surface area (Å²) in [5.41, 5.74) is 5.58. The van der Waals surface area contributed by atoms with Gasteiger partial charge in [0.15, 0.2) is 0 Å². The molecule has 1 rings (SSSR count). The standard InChI is InChI=1S/C15H30N2O2/c1-4-8-15(12-16,9-5-2)14(18)17(3)11-13-7-6-10-19-13/h13H,4-12,16H2,1-3H3. The summed E-state index contributed by atoms with van der Waals surface area (Å²) >= 11 is 0. The van der Waals surface area contributed by atoms with E-state index in [-0.39, 0.29) is 17.4 Å². The topological polar surface area (TPSA) is 55.6 Å². The Bertz CT molecular complexity index is 269. The summed E-state index contributed by atoms with van der Waals surface area (Å²) < 4.78 is 5.61. The quantitative estimate of drug-likeness (QED) is 0.735. The second-order valence-electron chi connectivity index (χ2n) is 5.81.